The lowest BCUT2D eigenvalue weighted by Crippen LogP contribution is -2.49. The molecule has 1 aliphatic heterocycles. The third-order valence-electron chi connectivity index (χ3n) is 5.78. The van der Waals surface area contributed by atoms with Crippen molar-refractivity contribution < 1.29 is 19.1 Å². The zero-order valence-electron chi connectivity index (χ0n) is 18.4. The molecule has 164 valence electrons. The SMILES string of the molecule is C[C@H](CO)N1C[C@H](C)[C@H](CN(C)C)Oc2ncc(-c3cc4ccccc4o3)cc2C1=O. The van der Waals surface area contributed by atoms with E-state index in [1.165, 1.54) is 0 Å². The third kappa shape index (κ3) is 4.29. The first-order chi connectivity index (χ1) is 14.9. The van der Waals surface area contributed by atoms with Gasteiger partial charge < -0.3 is 24.1 Å². The van der Waals surface area contributed by atoms with E-state index in [-0.39, 0.29) is 30.6 Å². The van der Waals surface area contributed by atoms with E-state index >= 15 is 0 Å². The number of para-hydroxylation sites is 1. The molecule has 3 atom stereocenters. The summed E-state index contributed by atoms with van der Waals surface area (Å²) in [5, 5.41) is 10.7. The van der Waals surface area contributed by atoms with Crippen molar-refractivity contribution in [3.63, 3.8) is 0 Å². The monoisotopic (exact) mass is 423 g/mol. The number of fused-ring (bicyclic) bond motifs is 2. The Kier molecular flexibility index (Phi) is 5.98. The fourth-order valence-electron chi connectivity index (χ4n) is 3.94. The van der Waals surface area contributed by atoms with Crippen LogP contribution in [0.1, 0.15) is 24.2 Å². The van der Waals surface area contributed by atoms with Crippen LogP contribution in [0.5, 0.6) is 5.88 Å². The summed E-state index contributed by atoms with van der Waals surface area (Å²) < 4.78 is 12.2. The molecule has 0 spiro atoms. The maximum atomic E-state index is 13.5. The summed E-state index contributed by atoms with van der Waals surface area (Å²) in [7, 11) is 3.99. The first-order valence-electron chi connectivity index (χ1n) is 10.6. The first kappa shape index (κ1) is 21.3. The lowest BCUT2D eigenvalue weighted by Gasteiger charge is -2.37. The van der Waals surface area contributed by atoms with Crippen molar-refractivity contribution in [2.75, 3.05) is 33.8 Å². The van der Waals surface area contributed by atoms with Gasteiger partial charge in [0.15, 0.2) is 0 Å². The van der Waals surface area contributed by atoms with E-state index in [4.69, 9.17) is 9.15 Å². The zero-order chi connectivity index (χ0) is 22.1. The minimum atomic E-state index is -0.309. The molecule has 0 saturated heterocycles. The van der Waals surface area contributed by atoms with Crippen molar-refractivity contribution in [1.29, 1.82) is 0 Å². The molecular formula is C24H29N3O4. The molecule has 0 fully saturated rings. The third-order valence-corrected chi connectivity index (χ3v) is 5.78. The zero-order valence-corrected chi connectivity index (χ0v) is 18.4. The number of rotatable bonds is 5. The molecule has 4 rings (SSSR count). The fraction of sp³-hybridized carbons (Fsp3) is 0.417. The average molecular weight is 424 g/mol. The highest BCUT2D eigenvalue weighted by Gasteiger charge is 2.34. The van der Waals surface area contributed by atoms with E-state index < -0.39 is 0 Å². The summed E-state index contributed by atoms with van der Waals surface area (Å²) in [6.45, 7) is 5.00. The lowest BCUT2D eigenvalue weighted by atomic mass is 10.00. The minimum absolute atomic E-state index is 0.0744. The van der Waals surface area contributed by atoms with E-state index in [0.717, 1.165) is 11.0 Å². The molecule has 1 N–H and O–H groups in total. The number of nitrogens with zero attached hydrogens (tertiary/aromatic N) is 3. The number of carbonyl (C=O) groups is 1. The predicted octanol–water partition coefficient (Wildman–Crippen LogP) is 3.28. The molecule has 1 aromatic carbocycles. The Balaban J connectivity index is 1.78. The van der Waals surface area contributed by atoms with E-state index in [1.54, 1.807) is 17.2 Å². The summed E-state index contributed by atoms with van der Waals surface area (Å²) in [5.41, 5.74) is 1.87. The molecule has 0 aliphatic carbocycles. The number of amides is 1. The second kappa shape index (κ2) is 8.69. The van der Waals surface area contributed by atoms with Crippen LogP contribution in [-0.2, 0) is 0 Å². The Morgan fingerprint density at radius 3 is 2.77 bits per heavy atom. The molecule has 7 heteroatoms. The van der Waals surface area contributed by atoms with Crippen LogP contribution in [0.15, 0.2) is 47.0 Å². The Morgan fingerprint density at radius 1 is 1.29 bits per heavy atom. The molecule has 0 unspecified atom stereocenters. The smallest absolute Gasteiger partial charge is 0.259 e. The highest BCUT2D eigenvalue weighted by atomic mass is 16.5. The Labute approximate surface area is 182 Å². The van der Waals surface area contributed by atoms with Crippen LogP contribution in [0.3, 0.4) is 0 Å². The van der Waals surface area contributed by atoms with Gasteiger partial charge in [-0.25, -0.2) is 4.98 Å². The molecule has 0 saturated carbocycles. The van der Waals surface area contributed by atoms with Crippen LogP contribution in [0, 0.1) is 5.92 Å². The number of hydrogen-bond donors (Lipinski definition) is 1. The maximum Gasteiger partial charge on any atom is 0.259 e. The van der Waals surface area contributed by atoms with Crippen molar-refractivity contribution in [2.24, 2.45) is 5.92 Å². The summed E-state index contributed by atoms with van der Waals surface area (Å²) >= 11 is 0. The van der Waals surface area contributed by atoms with Crippen molar-refractivity contribution in [3.8, 4) is 17.2 Å². The molecule has 31 heavy (non-hydrogen) atoms. The Bertz CT molecular complexity index is 1040. The van der Waals surface area contributed by atoms with Gasteiger partial charge in [0.05, 0.1) is 12.6 Å². The number of aliphatic hydroxyl groups is 1. The van der Waals surface area contributed by atoms with Crippen molar-refractivity contribution in [1.82, 2.24) is 14.8 Å². The number of aromatic nitrogens is 1. The van der Waals surface area contributed by atoms with Gasteiger partial charge >= 0.3 is 0 Å². The van der Waals surface area contributed by atoms with E-state index in [9.17, 15) is 9.90 Å². The first-order valence-corrected chi connectivity index (χ1v) is 10.6. The number of ether oxygens (including phenoxy) is 1. The van der Waals surface area contributed by atoms with E-state index in [0.29, 0.717) is 35.9 Å². The fourth-order valence-corrected chi connectivity index (χ4v) is 3.94. The van der Waals surface area contributed by atoms with Gasteiger partial charge in [0, 0.05) is 36.2 Å². The summed E-state index contributed by atoms with van der Waals surface area (Å²) in [5.74, 6) is 0.840. The lowest BCUT2D eigenvalue weighted by molar-refractivity contribution is 0.0348. The molecule has 3 aromatic rings. The summed E-state index contributed by atoms with van der Waals surface area (Å²) in [4.78, 5) is 21.8. The van der Waals surface area contributed by atoms with Gasteiger partial charge in [-0.05, 0) is 39.2 Å². The number of benzene rings is 1. The quantitative estimate of drug-likeness (QED) is 0.679. The average Bonchev–Trinajstić information content (AvgIpc) is 3.19. The standard InChI is InChI=1S/C24H29N3O4/c1-15-12-27(16(2)14-28)24(29)19-9-18(11-25-23(19)31-22(15)13-26(3)4)21-10-17-7-5-6-8-20(17)30-21/h5-11,15-16,22,28H,12-14H2,1-4H3/t15-,16+,22-/m0/s1. The van der Waals surface area contributed by atoms with E-state index in [1.807, 2.05) is 51.4 Å². The number of likely N-dealkylation sites (N-methyl/N-ethyl adjacent to an activating group) is 1. The van der Waals surface area contributed by atoms with Crippen LogP contribution in [0.2, 0.25) is 0 Å². The molecule has 2 aromatic heterocycles. The number of pyridine rings is 1. The van der Waals surface area contributed by atoms with Gasteiger partial charge in [-0.1, -0.05) is 25.1 Å². The second-order valence-electron chi connectivity index (χ2n) is 8.61. The number of furan rings is 1. The molecule has 1 amide bonds. The van der Waals surface area contributed by atoms with Gasteiger partial charge in [-0.2, -0.15) is 0 Å². The van der Waals surface area contributed by atoms with Gasteiger partial charge in [-0.3, -0.25) is 4.79 Å². The van der Waals surface area contributed by atoms with Crippen LogP contribution in [0.4, 0.5) is 0 Å². The predicted molar refractivity (Wildman–Crippen MR) is 119 cm³/mol. The molecule has 1 aliphatic rings. The van der Waals surface area contributed by atoms with Crippen LogP contribution < -0.4 is 4.74 Å². The van der Waals surface area contributed by atoms with Crippen molar-refractivity contribution in [3.05, 3.63) is 48.2 Å². The highest BCUT2D eigenvalue weighted by molar-refractivity contribution is 5.98. The van der Waals surface area contributed by atoms with Crippen LogP contribution in [-0.4, -0.2) is 71.7 Å². The van der Waals surface area contributed by atoms with E-state index in [2.05, 4.69) is 16.8 Å². The van der Waals surface area contributed by atoms with Gasteiger partial charge in [0.1, 0.15) is 23.0 Å². The van der Waals surface area contributed by atoms with Gasteiger partial charge in [0.25, 0.3) is 5.91 Å². The Morgan fingerprint density at radius 2 is 2.06 bits per heavy atom. The van der Waals surface area contributed by atoms with Gasteiger partial charge in [-0.15, -0.1) is 0 Å². The topological polar surface area (TPSA) is 79.0 Å². The van der Waals surface area contributed by atoms with Crippen LogP contribution >= 0.6 is 0 Å². The highest BCUT2D eigenvalue weighted by Crippen LogP contribution is 2.32. The molecular weight excluding hydrogens is 394 g/mol. The Hall–Kier alpha value is -2.90. The minimum Gasteiger partial charge on any atom is -0.472 e. The second-order valence-corrected chi connectivity index (χ2v) is 8.61. The molecule has 0 bridgehead atoms. The number of hydrogen-bond acceptors (Lipinski definition) is 6. The van der Waals surface area contributed by atoms with Crippen molar-refractivity contribution in [2.45, 2.75) is 26.0 Å². The van der Waals surface area contributed by atoms with Gasteiger partial charge in [0.2, 0.25) is 5.88 Å². The van der Waals surface area contributed by atoms with Crippen LogP contribution in [0.25, 0.3) is 22.3 Å². The summed E-state index contributed by atoms with van der Waals surface area (Å²) in [6.07, 6.45) is 1.54. The normalized spacial score (nSPS) is 20.3. The maximum absolute atomic E-state index is 13.5. The largest absolute Gasteiger partial charge is 0.472 e. The molecule has 0 radical (unpaired) electrons. The van der Waals surface area contributed by atoms with Crippen molar-refractivity contribution >= 4 is 16.9 Å². The summed E-state index contributed by atoms with van der Waals surface area (Å²) in [6, 6.07) is 11.2. The number of aliphatic hydroxyl groups excluding tert-OH is 1. The molecule has 7 nitrogen and oxygen atoms in total. The molecule has 3 heterocycles. The number of carbonyl (C=O) groups excluding carboxylic acids is 1.